The third-order valence-corrected chi connectivity index (χ3v) is 4.08. The van der Waals surface area contributed by atoms with E-state index in [0.717, 1.165) is 18.7 Å². The van der Waals surface area contributed by atoms with Gasteiger partial charge < -0.3 is 4.90 Å². The van der Waals surface area contributed by atoms with Crippen LogP contribution >= 0.6 is 0 Å². The number of nitriles is 1. The van der Waals surface area contributed by atoms with E-state index < -0.39 is 0 Å². The maximum atomic E-state index is 12.9. The van der Waals surface area contributed by atoms with Gasteiger partial charge in [0.1, 0.15) is 11.6 Å². The standard InChI is InChI=1S/C17H21N7O/c1-11(2)14-15(13-9-19-23(10-13)6-5-22(3)4)21-16-12(7-18)8-20-24(16)17(14)25/h8-11,20H,5-6H2,1-4H3. The monoisotopic (exact) mass is 339 g/mol. The quantitative estimate of drug-likeness (QED) is 0.759. The Labute approximate surface area is 145 Å². The Balaban J connectivity index is 2.16. The minimum absolute atomic E-state index is 0.00846. The molecule has 0 aromatic carbocycles. The van der Waals surface area contributed by atoms with Gasteiger partial charge in [-0.05, 0) is 20.0 Å². The first-order chi connectivity index (χ1) is 11.9. The predicted octanol–water partition coefficient (Wildman–Crippen LogP) is 1.44. The first-order valence-corrected chi connectivity index (χ1v) is 8.14. The minimum Gasteiger partial charge on any atom is -0.308 e. The van der Waals surface area contributed by atoms with Crippen molar-refractivity contribution in [1.29, 1.82) is 5.26 Å². The summed E-state index contributed by atoms with van der Waals surface area (Å²) < 4.78 is 3.17. The average molecular weight is 339 g/mol. The molecule has 25 heavy (non-hydrogen) atoms. The van der Waals surface area contributed by atoms with Crippen molar-refractivity contribution in [2.45, 2.75) is 26.3 Å². The molecule has 3 heterocycles. The fraction of sp³-hybridized carbons (Fsp3) is 0.412. The molecule has 0 saturated heterocycles. The zero-order chi connectivity index (χ0) is 18.1. The number of aromatic nitrogens is 5. The molecule has 0 bridgehead atoms. The fourth-order valence-electron chi connectivity index (χ4n) is 2.76. The number of aromatic amines is 1. The highest BCUT2D eigenvalue weighted by molar-refractivity contribution is 5.67. The van der Waals surface area contributed by atoms with Gasteiger partial charge in [-0.3, -0.25) is 14.6 Å². The zero-order valence-corrected chi connectivity index (χ0v) is 14.8. The molecule has 3 rings (SSSR count). The second-order valence-electron chi connectivity index (χ2n) is 6.59. The van der Waals surface area contributed by atoms with Gasteiger partial charge in [-0.1, -0.05) is 13.8 Å². The van der Waals surface area contributed by atoms with Crippen molar-refractivity contribution in [3.63, 3.8) is 0 Å². The highest BCUT2D eigenvalue weighted by Crippen LogP contribution is 2.25. The molecule has 130 valence electrons. The van der Waals surface area contributed by atoms with Crippen LogP contribution in [0.4, 0.5) is 0 Å². The molecule has 3 aromatic rings. The molecule has 8 nitrogen and oxygen atoms in total. The summed E-state index contributed by atoms with van der Waals surface area (Å²) in [7, 11) is 4.01. The lowest BCUT2D eigenvalue weighted by atomic mass is 10.00. The average Bonchev–Trinajstić information content (AvgIpc) is 3.18. The van der Waals surface area contributed by atoms with Crippen LogP contribution in [0.25, 0.3) is 16.9 Å². The van der Waals surface area contributed by atoms with E-state index in [9.17, 15) is 10.1 Å². The summed E-state index contributed by atoms with van der Waals surface area (Å²) in [6.45, 7) is 5.53. The molecule has 0 aliphatic heterocycles. The number of likely N-dealkylation sites (N-methyl/N-ethyl adjacent to an activating group) is 1. The van der Waals surface area contributed by atoms with Crippen LogP contribution in [-0.4, -0.2) is 49.9 Å². The van der Waals surface area contributed by atoms with E-state index in [1.54, 1.807) is 6.20 Å². The molecule has 0 radical (unpaired) electrons. The maximum absolute atomic E-state index is 12.9. The van der Waals surface area contributed by atoms with Gasteiger partial charge in [-0.15, -0.1) is 0 Å². The van der Waals surface area contributed by atoms with E-state index in [4.69, 9.17) is 0 Å². The first kappa shape index (κ1) is 16.9. The van der Waals surface area contributed by atoms with Crippen LogP contribution in [0.1, 0.15) is 30.9 Å². The van der Waals surface area contributed by atoms with Gasteiger partial charge in [0.15, 0.2) is 5.65 Å². The minimum atomic E-state index is -0.183. The summed E-state index contributed by atoms with van der Waals surface area (Å²) in [5.41, 5.74) is 2.48. The lowest BCUT2D eigenvalue weighted by molar-refractivity contribution is 0.373. The molecule has 0 aliphatic rings. The Morgan fingerprint density at radius 3 is 2.80 bits per heavy atom. The molecule has 0 fully saturated rings. The summed E-state index contributed by atoms with van der Waals surface area (Å²) in [6, 6.07) is 2.06. The first-order valence-electron chi connectivity index (χ1n) is 8.14. The summed E-state index contributed by atoms with van der Waals surface area (Å²) in [6.07, 6.45) is 5.11. The Hall–Kier alpha value is -2.92. The third-order valence-electron chi connectivity index (χ3n) is 4.08. The second-order valence-corrected chi connectivity index (χ2v) is 6.59. The largest absolute Gasteiger partial charge is 0.308 e. The normalized spacial score (nSPS) is 11.6. The van der Waals surface area contributed by atoms with Crippen molar-refractivity contribution >= 4 is 5.65 Å². The zero-order valence-electron chi connectivity index (χ0n) is 14.8. The predicted molar refractivity (Wildman–Crippen MR) is 94.4 cm³/mol. The highest BCUT2D eigenvalue weighted by Gasteiger charge is 2.20. The summed E-state index contributed by atoms with van der Waals surface area (Å²) in [4.78, 5) is 19.6. The molecule has 0 unspecified atom stereocenters. The van der Waals surface area contributed by atoms with Gasteiger partial charge in [-0.25, -0.2) is 9.50 Å². The number of H-pyrrole nitrogens is 1. The van der Waals surface area contributed by atoms with Crippen molar-refractivity contribution in [2.75, 3.05) is 20.6 Å². The van der Waals surface area contributed by atoms with Gasteiger partial charge in [0, 0.05) is 30.1 Å². The number of hydrogen-bond acceptors (Lipinski definition) is 5. The van der Waals surface area contributed by atoms with Gasteiger partial charge in [0.25, 0.3) is 5.56 Å². The van der Waals surface area contributed by atoms with Crippen molar-refractivity contribution in [2.24, 2.45) is 0 Å². The highest BCUT2D eigenvalue weighted by atomic mass is 16.1. The molecule has 8 heteroatoms. The van der Waals surface area contributed by atoms with Gasteiger partial charge in [0.05, 0.1) is 18.4 Å². The topological polar surface area (TPSA) is 95.0 Å². The summed E-state index contributed by atoms with van der Waals surface area (Å²) >= 11 is 0. The van der Waals surface area contributed by atoms with Crippen molar-refractivity contribution < 1.29 is 0 Å². The number of rotatable bonds is 5. The van der Waals surface area contributed by atoms with Gasteiger partial charge in [0.2, 0.25) is 0 Å². The fourth-order valence-corrected chi connectivity index (χ4v) is 2.76. The van der Waals surface area contributed by atoms with Gasteiger partial charge in [-0.2, -0.15) is 10.4 Å². The van der Waals surface area contributed by atoms with Crippen LogP contribution in [0, 0.1) is 11.3 Å². The molecule has 1 N–H and O–H groups in total. The second kappa shape index (κ2) is 6.53. The molecule has 0 spiro atoms. The van der Waals surface area contributed by atoms with E-state index in [-0.39, 0.29) is 11.5 Å². The summed E-state index contributed by atoms with van der Waals surface area (Å²) in [5.74, 6) is -0.00846. The molecule has 0 amide bonds. The Kier molecular flexibility index (Phi) is 4.42. The third kappa shape index (κ3) is 3.06. The Morgan fingerprint density at radius 1 is 1.40 bits per heavy atom. The summed E-state index contributed by atoms with van der Waals surface area (Å²) in [5, 5.41) is 16.4. The van der Waals surface area contributed by atoms with Crippen molar-refractivity contribution in [3.05, 3.63) is 40.1 Å². The molecule has 0 atom stereocenters. The maximum Gasteiger partial charge on any atom is 0.276 e. The molecular weight excluding hydrogens is 318 g/mol. The number of fused-ring (bicyclic) bond motifs is 1. The van der Waals surface area contributed by atoms with E-state index in [1.165, 1.54) is 10.7 Å². The van der Waals surface area contributed by atoms with Crippen molar-refractivity contribution in [1.82, 2.24) is 29.3 Å². The molecule has 0 saturated carbocycles. The number of nitrogens with one attached hydrogen (secondary N) is 1. The Bertz CT molecular complexity index is 1000. The Morgan fingerprint density at radius 2 is 2.16 bits per heavy atom. The molecule has 0 aliphatic carbocycles. The molecule has 3 aromatic heterocycles. The smallest absolute Gasteiger partial charge is 0.276 e. The van der Waals surface area contributed by atoms with Crippen LogP contribution < -0.4 is 5.56 Å². The number of hydrogen-bond donors (Lipinski definition) is 1. The van der Waals surface area contributed by atoms with E-state index >= 15 is 0 Å². The van der Waals surface area contributed by atoms with Gasteiger partial charge >= 0.3 is 0 Å². The van der Waals surface area contributed by atoms with E-state index in [2.05, 4.69) is 26.2 Å². The lowest BCUT2D eigenvalue weighted by Gasteiger charge is -2.11. The number of nitrogens with zero attached hydrogens (tertiary/aromatic N) is 6. The van der Waals surface area contributed by atoms with E-state index in [0.29, 0.717) is 22.5 Å². The van der Waals surface area contributed by atoms with Crippen LogP contribution in [0.15, 0.2) is 23.4 Å². The SMILES string of the molecule is CC(C)c1c(-c2cnn(CCN(C)C)c2)nc2c(C#N)c[nH]n2c1=O. The van der Waals surface area contributed by atoms with Crippen LogP contribution in [0.2, 0.25) is 0 Å². The van der Waals surface area contributed by atoms with Crippen LogP contribution in [0.3, 0.4) is 0 Å². The van der Waals surface area contributed by atoms with E-state index in [1.807, 2.05) is 38.8 Å². The van der Waals surface area contributed by atoms with Crippen LogP contribution in [-0.2, 0) is 6.54 Å². The van der Waals surface area contributed by atoms with Crippen molar-refractivity contribution in [3.8, 4) is 17.3 Å². The lowest BCUT2D eigenvalue weighted by Crippen LogP contribution is -2.22. The van der Waals surface area contributed by atoms with Crippen LogP contribution in [0.5, 0.6) is 0 Å². The molecular formula is C17H21N7O.